The molecule has 2 aliphatic rings. The van der Waals surface area contributed by atoms with Crippen LogP contribution in [0.4, 0.5) is 5.69 Å². The van der Waals surface area contributed by atoms with E-state index in [1.165, 1.54) is 0 Å². The quantitative estimate of drug-likeness (QED) is 0.792. The lowest BCUT2D eigenvalue weighted by atomic mass is 10.1. The highest BCUT2D eigenvalue weighted by Gasteiger charge is 2.26. The molecule has 1 atom stereocenters. The molecule has 0 aliphatic carbocycles. The maximum Gasteiger partial charge on any atom is 0.237 e. The molecule has 1 saturated heterocycles. The molecule has 3 rings (SSSR count). The number of thioether (sulfide) groups is 1. The van der Waals surface area contributed by atoms with Gasteiger partial charge in [-0.05, 0) is 25.5 Å². The van der Waals surface area contributed by atoms with Crippen LogP contribution in [0.3, 0.4) is 0 Å². The van der Waals surface area contributed by atoms with Crippen LogP contribution < -0.4 is 4.90 Å². The number of anilines is 1. The molecule has 2 amide bonds. The summed E-state index contributed by atoms with van der Waals surface area (Å²) in [4.78, 5) is 29.6. The smallest absolute Gasteiger partial charge is 0.237 e. The van der Waals surface area contributed by atoms with Gasteiger partial charge in [0.15, 0.2) is 0 Å². The number of hydrogen-bond donors (Lipinski definition) is 0. The molecular weight excluding hydrogens is 324 g/mol. The summed E-state index contributed by atoms with van der Waals surface area (Å²) < 4.78 is 5.40. The van der Waals surface area contributed by atoms with E-state index in [0.717, 1.165) is 36.8 Å². The zero-order valence-corrected chi connectivity index (χ0v) is 14.9. The number of rotatable bonds is 6. The molecule has 2 aliphatic heterocycles. The highest BCUT2D eigenvalue weighted by atomic mass is 32.2. The van der Waals surface area contributed by atoms with Gasteiger partial charge in [0.05, 0.1) is 18.0 Å². The molecule has 0 N–H and O–H groups in total. The predicted molar refractivity (Wildman–Crippen MR) is 95.3 cm³/mol. The Balaban J connectivity index is 1.59. The third kappa shape index (κ3) is 3.92. The van der Waals surface area contributed by atoms with Gasteiger partial charge in [0.2, 0.25) is 11.8 Å². The molecule has 1 fully saturated rings. The number of ether oxygens (including phenoxy) is 1. The topological polar surface area (TPSA) is 49.9 Å². The first-order valence-electron chi connectivity index (χ1n) is 8.56. The lowest BCUT2D eigenvalue weighted by molar-refractivity contribution is -0.131. The maximum atomic E-state index is 12.6. The van der Waals surface area contributed by atoms with E-state index >= 15 is 0 Å². The van der Waals surface area contributed by atoms with E-state index in [4.69, 9.17) is 4.74 Å². The van der Waals surface area contributed by atoms with Crippen LogP contribution in [0.5, 0.6) is 0 Å². The predicted octanol–water partition coefficient (Wildman–Crippen LogP) is 2.40. The SMILES string of the molecule is CCN(C[C@H]1CCOC1)C(=O)CCN1C(=O)CSc2ccccc21. The van der Waals surface area contributed by atoms with E-state index in [1.54, 1.807) is 16.7 Å². The lowest BCUT2D eigenvalue weighted by Crippen LogP contribution is -2.40. The van der Waals surface area contributed by atoms with E-state index in [9.17, 15) is 9.59 Å². The average Bonchev–Trinajstić information content (AvgIpc) is 3.11. The third-order valence-corrected chi connectivity index (χ3v) is 5.64. The van der Waals surface area contributed by atoms with Crippen LogP contribution in [-0.2, 0) is 14.3 Å². The largest absolute Gasteiger partial charge is 0.381 e. The van der Waals surface area contributed by atoms with Crippen LogP contribution >= 0.6 is 11.8 Å². The molecule has 24 heavy (non-hydrogen) atoms. The van der Waals surface area contributed by atoms with Gasteiger partial charge in [-0.15, -0.1) is 11.8 Å². The van der Waals surface area contributed by atoms with Crippen molar-refractivity contribution in [1.82, 2.24) is 4.90 Å². The second kappa shape index (κ2) is 8.03. The summed E-state index contributed by atoms with van der Waals surface area (Å²) in [6, 6.07) is 7.90. The molecule has 0 saturated carbocycles. The number of carbonyl (C=O) groups excluding carboxylic acids is 2. The lowest BCUT2D eigenvalue weighted by Gasteiger charge is -2.30. The number of fused-ring (bicyclic) bond motifs is 1. The van der Waals surface area contributed by atoms with Crippen LogP contribution in [0.2, 0.25) is 0 Å². The van der Waals surface area contributed by atoms with E-state index in [1.807, 2.05) is 36.1 Å². The number of amides is 2. The Morgan fingerprint density at radius 2 is 2.25 bits per heavy atom. The monoisotopic (exact) mass is 348 g/mol. The minimum atomic E-state index is 0.0822. The van der Waals surface area contributed by atoms with Crippen molar-refractivity contribution in [3.63, 3.8) is 0 Å². The molecule has 1 aromatic carbocycles. The van der Waals surface area contributed by atoms with Crippen molar-refractivity contribution in [3.8, 4) is 0 Å². The zero-order valence-electron chi connectivity index (χ0n) is 14.1. The van der Waals surface area contributed by atoms with Crippen molar-refractivity contribution < 1.29 is 14.3 Å². The molecule has 6 heteroatoms. The Morgan fingerprint density at radius 1 is 1.42 bits per heavy atom. The molecule has 5 nitrogen and oxygen atoms in total. The van der Waals surface area contributed by atoms with Crippen molar-refractivity contribution in [2.24, 2.45) is 5.92 Å². The zero-order chi connectivity index (χ0) is 16.9. The summed E-state index contributed by atoms with van der Waals surface area (Å²) in [6.45, 7) is 5.47. The summed E-state index contributed by atoms with van der Waals surface area (Å²) in [7, 11) is 0. The highest BCUT2D eigenvalue weighted by Crippen LogP contribution is 2.34. The Labute approximate surface area is 147 Å². The van der Waals surface area contributed by atoms with Gasteiger partial charge in [-0.25, -0.2) is 0 Å². The van der Waals surface area contributed by atoms with Crippen molar-refractivity contribution in [2.75, 3.05) is 43.5 Å². The fraction of sp³-hybridized carbons (Fsp3) is 0.556. The fourth-order valence-electron chi connectivity index (χ4n) is 3.21. The summed E-state index contributed by atoms with van der Waals surface area (Å²) in [5.74, 6) is 1.09. The minimum Gasteiger partial charge on any atom is -0.381 e. The molecule has 0 spiro atoms. The van der Waals surface area contributed by atoms with E-state index in [2.05, 4.69) is 0 Å². The van der Waals surface area contributed by atoms with Gasteiger partial charge in [-0.1, -0.05) is 12.1 Å². The van der Waals surface area contributed by atoms with Crippen LogP contribution in [0.25, 0.3) is 0 Å². The number of benzene rings is 1. The minimum absolute atomic E-state index is 0.0822. The van der Waals surface area contributed by atoms with Crippen molar-refractivity contribution in [1.29, 1.82) is 0 Å². The summed E-state index contributed by atoms with van der Waals surface area (Å²) in [5, 5.41) is 0. The maximum absolute atomic E-state index is 12.6. The number of para-hydroxylation sites is 1. The standard InChI is InChI=1S/C18H24N2O3S/c1-2-19(11-14-8-10-23-12-14)17(21)7-9-20-15-5-3-4-6-16(15)24-13-18(20)22/h3-6,14H,2,7-13H2,1H3/t14-/m1/s1. The molecule has 130 valence electrons. The van der Waals surface area contributed by atoms with Gasteiger partial charge < -0.3 is 14.5 Å². The van der Waals surface area contributed by atoms with Crippen molar-refractivity contribution in [3.05, 3.63) is 24.3 Å². The molecule has 0 aromatic heterocycles. The van der Waals surface area contributed by atoms with Gasteiger partial charge in [-0.2, -0.15) is 0 Å². The van der Waals surface area contributed by atoms with Gasteiger partial charge in [0, 0.05) is 43.5 Å². The second-order valence-corrected chi connectivity index (χ2v) is 7.23. The Kier molecular flexibility index (Phi) is 5.79. The third-order valence-electron chi connectivity index (χ3n) is 4.59. The second-order valence-electron chi connectivity index (χ2n) is 6.21. The first kappa shape index (κ1) is 17.3. The van der Waals surface area contributed by atoms with E-state index in [-0.39, 0.29) is 11.8 Å². The molecule has 0 radical (unpaired) electrons. The van der Waals surface area contributed by atoms with Gasteiger partial charge >= 0.3 is 0 Å². The molecule has 0 bridgehead atoms. The van der Waals surface area contributed by atoms with Crippen LogP contribution in [0.1, 0.15) is 19.8 Å². The average molecular weight is 348 g/mol. The van der Waals surface area contributed by atoms with Crippen molar-refractivity contribution >= 4 is 29.3 Å². The molecule has 1 aromatic rings. The first-order chi connectivity index (χ1) is 11.7. The fourth-order valence-corrected chi connectivity index (χ4v) is 4.15. The highest BCUT2D eigenvalue weighted by molar-refractivity contribution is 8.00. The van der Waals surface area contributed by atoms with Gasteiger partial charge in [-0.3, -0.25) is 9.59 Å². The van der Waals surface area contributed by atoms with E-state index < -0.39 is 0 Å². The molecule has 0 unspecified atom stereocenters. The Bertz CT molecular complexity index is 602. The number of nitrogens with zero attached hydrogens (tertiary/aromatic N) is 2. The van der Waals surface area contributed by atoms with Gasteiger partial charge in [0.1, 0.15) is 0 Å². The Hall–Kier alpha value is -1.53. The molecule has 2 heterocycles. The van der Waals surface area contributed by atoms with Crippen LogP contribution in [-0.4, -0.2) is 55.3 Å². The number of carbonyl (C=O) groups is 2. The first-order valence-corrected chi connectivity index (χ1v) is 9.55. The van der Waals surface area contributed by atoms with Crippen LogP contribution in [0, 0.1) is 5.92 Å². The normalized spacial score (nSPS) is 20.1. The summed E-state index contributed by atoms with van der Waals surface area (Å²) in [6.07, 6.45) is 1.39. The Morgan fingerprint density at radius 3 is 3.00 bits per heavy atom. The van der Waals surface area contributed by atoms with E-state index in [0.29, 0.717) is 31.2 Å². The molecular formula is C18H24N2O3S. The summed E-state index contributed by atoms with van der Waals surface area (Å²) >= 11 is 1.57. The number of hydrogen-bond acceptors (Lipinski definition) is 4. The summed E-state index contributed by atoms with van der Waals surface area (Å²) in [5.41, 5.74) is 0.929. The van der Waals surface area contributed by atoms with Crippen molar-refractivity contribution in [2.45, 2.75) is 24.7 Å². The van der Waals surface area contributed by atoms with Crippen LogP contribution in [0.15, 0.2) is 29.2 Å². The van der Waals surface area contributed by atoms with Gasteiger partial charge in [0.25, 0.3) is 0 Å².